The van der Waals surface area contributed by atoms with Gasteiger partial charge in [-0.25, -0.2) is 4.79 Å². The molecule has 0 N–H and O–H groups in total. The maximum absolute atomic E-state index is 12.0. The van der Waals surface area contributed by atoms with E-state index >= 15 is 0 Å². The Morgan fingerprint density at radius 1 is 1.27 bits per heavy atom. The first-order valence-electron chi connectivity index (χ1n) is 4.61. The molecule has 0 heterocycles. The van der Waals surface area contributed by atoms with Crippen LogP contribution in [-0.2, 0) is 4.79 Å². The van der Waals surface area contributed by atoms with Gasteiger partial charge in [0.05, 0.1) is 0 Å². The number of carbonyl (C=O) groups is 1. The molecule has 0 aliphatic heterocycles. The Balaban J connectivity index is 2.89. The molecule has 0 aromatic heterocycles. The summed E-state index contributed by atoms with van der Waals surface area (Å²) in [6.45, 7) is 3.80. The number of esters is 1. The van der Waals surface area contributed by atoms with Crippen molar-refractivity contribution in [2.75, 3.05) is 0 Å². The van der Waals surface area contributed by atoms with Gasteiger partial charge >= 0.3 is 12.4 Å². The molecule has 1 rings (SSSR count). The highest BCUT2D eigenvalue weighted by atomic mass is 19.3. The Hall–Kier alpha value is -1.45. The lowest BCUT2D eigenvalue weighted by Gasteiger charge is -2.11. The van der Waals surface area contributed by atoms with Crippen molar-refractivity contribution in [1.29, 1.82) is 0 Å². The largest absolute Gasteiger partial charge is 0.422 e. The molecular weight excluding hydrogens is 202 g/mol. The third-order valence-electron chi connectivity index (χ3n) is 1.93. The monoisotopic (exact) mass is 214 g/mol. The van der Waals surface area contributed by atoms with Gasteiger partial charge in [0.25, 0.3) is 0 Å². The smallest absolute Gasteiger partial charge is 0.379 e. The molecule has 15 heavy (non-hydrogen) atoms. The quantitative estimate of drug-likeness (QED) is 0.571. The molecule has 0 amide bonds. The van der Waals surface area contributed by atoms with Crippen LogP contribution in [0.3, 0.4) is 0 Å². The van der Waals surface area contributed by atoms with Crippen LogP contribution in [0.5, 0.6) is 5.75 Å². The fraction of sp³-hybridized carbons (Fsp3) is 0.364. The summed E-state index contributed by atoms with van der Waals surface area (Å²) >= 11 is 0. The number of ether oxygens (including phenoxy) is 1. The zero-order valence-electron chi connectivity index (χ0n) is 8.54. The molecule has 4 heteroatoms. The zero-order chi connectivity index (χ0) is 11.4. The van der Waals surface area contributed by atoms with Crippen LogP contribution in [0.15, 0.2) is 24.3 Å². The predicted molar refractivity (Wildman–Crippen MR) is 52.2 cm³/mol. The number of benzene rings is 1. The van der Waals surface area contributed by atoms with Gasteiger partial charge in [-0.3, -0.25) is 0 Å². The first-order chi connectivity index (χ1) is 7.02. The molecule has 0 saturated carbocycles. The highest BCUT2D eigenvalue weighted by molar-refractivity contribution is 5.75. The van der Waals surface area contributed by atoms with E-state index in [0.29, 0.717) is 0 Å². The topological polar surface area (TPSA) is 26.3 Å². The Bertz CT molecular complexity index is 348. The number of hydrogen-bond acceptors (Lipinski definition) is 2. The summed E-state index contributed by atoms with van der Waals surface area (Å²) in [6, 6.07) is 6.67. The van der Waals surface area contributed by atoms with Gasteiger partial charge in [-0.1, -0.05) is 32.0 Å². The normalized spacial score (nSPS) is 10.8. The van der Waals surface area contributed by atoms with Crippen LogP contribution >= 0.6 is 0 Å². The van der Waals surface area contributed by atoms with Crippen LogP contribution in [0.4, 0.5) is 8.78 Å². The van der Waals surface area contributed by atoms with E-state index in [9.17, 15) is 13.6 Å². The maximum Gasteiger partial charge on any atom is 0.379 e. The Kier molecular flexibility index (Phi) is 3.77. The van der Waals surface area contributed by atoms with Crippen LogP contribution in [0.25, 0.3) is 0 Å². The summed E-state index contributed by atoms with van der Waals surface area (Å²) in [5.41, 5.74) is 0.742. The minimum Gasteiger partial charge on any atom is -0.422 e. The number of alkyl halides is 2. The van der Waals surface area contributed by atoms with E-state index in [1.165, 1.54) is 6.07 Å². The fourth-order valence-corrected chi connectivity index (χ4v) is 1.20. The van der Waals surface area contributed by atoms with Crippen LogP contribution in [-0.4, -0.2) is 12.4 Å². The third-order valence-corrected chi connectivity index (χ3v) is 1.93. The average molecular weight is 214 g/mol. The van der Waals surface area contributed by atoms with Gasteiger partial charge in [-0.05, 0) is 17.5 Å². The third kappa shape index (κ3) is 3.01. The first-order valence-corrected chi connectivity index (χ1v) is 4.61. The molecule has 2 nitrogen and oxygen atoms in total. The van der Waals surface area contributed by atoms with E-state index in [-0.39, 0.29) is 11.7 Å². The minimum absolute atomic E-state index is 0.117. The summed E-state index contributed by atoms with van der Waals surface area (Å²) < 4.78 is 28.5. The van der Waals surface area contributed by atoms with Gasteiger partial charge in [-0.15, -0.1) is 0 Å². The van der Waals surface area contributed by atoms with Gasteiger partial charge < -0.3 is 4.74 Å². The van der Waals surface area contributed by atoms with Gasteiger partial charge in [0.2, 0.25) is 0 Å². The number of hydrogen-bond donors (Lipinski definition) is 0. The van der Waals surface area contributed by atoms with Crippen molar-refractivity contribution in [2.45, 2.75) is 26.2 Å². The van der Waals surface area contributed by atoms with Crippen LogP contribution in [0.1, 0.15) is 25.3 Å². The molecule has 0 saturated heterocycles. The van der Waals surface area contributed by atoms with Crippen molar-refractivity contribution in [1.82, 2.24) is 0 Å². The molecule has 0 spiro atoms. The zero-order valence-corrected chi connectivity index (χ0v) is 8.54. The van der Waals surface area contributed by atoms with Crippen LogP contribution in [0.2, 0.25) is 0 Å². The second-order valence-electron chi connectivity index (χ2n) is 3.41. The van der Waals surface area contributed by atoms with E-state index in [4.69, 9.17) is 0 Å². The van der Waals surface area contributed by atoms with Crippen molar-refractivity contribution in [3.8, 4) is 5.75 Å². The van der Waals surface area contributed by atoms with Crippen molar-refractivity contribution in [2.24, 2.45) is 0 Å². The van der Waals surface area contributed by atoms with Gasteiger partial charge in [-0.2, -0.15) is 8.78 Å². The lowest BCUT2D eigenvalue weighted by Crippen LogP contribution is -2.18. The highest BCUT2D eigenvalue weighted by Crippen LogP contribution is 2.26. The van der Waals surface area contributed by atoms with E-state index < -0.39 is 12.4 Å². The molecule has 1 aromatic carbocycles. The number of para-hydroxylation sites is 1. The predicted octanol–water partition coefficient (Wildman–Crippen LogP) is 2.98. The molecular formula is C11H12F2O2. The van der Waals surface area contributed by atoms with E-state index in [1.807, 2.05) is 13.8 Å². The molecule has 0 unspecified atom stereocenters. The maximum atomic E-state index is 12.0. The molecule has 82 valence electrons. The lowest BCUT2D eigenvalue weighted by atomic mass is 10.0. The Morgan fingerprint density at radius 2 is 1.87 bits per heavy atom. The van der Waals surface area contributed by atoms with Gasteiger partial charge in [0, 0.05) is 0 Å². The molecule has 0 aliphatic carbocycles. The SMILES string of the molecule is CC(C)c1ccccc1OC(=O)C(F)F. The summed E-state index contributed by atoms with van der Waals surface area (Å²) in [6.07, 6.45) is -3.09. The Labute approximate surface area is 86.9 Å². The second kappa shape index (κ2) is 4.87. The molecule has 1 aromatic rings. The fourth-order valence-electron chi connectivity index (χ4n) is 1.20. The average Bonchev–Trinajstić information content (AvgIpc) is 2.18. The number of halogens is 2. The molecule has 0 aliphatic rings. The van der Waals surface area contributed by atoms with Crippen molar-refractivity contribution >= 4 is 5.97 Å². The van der Waals surface area contributed by atoms with E-state index in [0.717, 1.165) is 5.56 Å². The van der Waals surface area contributed by atoms with Gasteiger partial charge in [0.15, 0.2) is 0 Å². The Morgan fingerprint density at radius 3 is 2.40 bits per heavy atom. The summed E-state index contributed by atoms with van der Waals surface area (Å²) in [4.78, 5) is 10.7. The number of carbonyl (C=O) groups excluding carboxylic acids is 1. The van der Waals surface area contributed by atoms with Crippen molar-refractivity contribution in [3.05, 3.63) is 29.8 Å². The van der Waals surface area contributed by atoms with E-state index in [2.05, 4.69) is 4.74 Å². The summed E-state index contributed by atoms with van der Waals surface area (Å²) in [5, 5.41) is 0. The first kappa shape index (κ1) is 11.6. The second-order valence-corrected chi connectivity index (χ2v) is 3.41. The van der Waals surface area contributed by atoms with Crippen LogP contribution < -0.4 is 4.74 Å². The van der Waals surface area contributed by atoms with E-state index in [1.54, 1.807) is 18.2 Å². The summed E-state index contributed by atoms with van der Waals surface area (Å²) in [5.74, 6) is -1.19. The minimum atomic E-state index is -3.09. The van der Waals surface area contributed by atoms with Crippen LogP contribution in [0, 0.1) is 0 Å². The standard InChI is InChI=1S/C11H12F2O2/c1-7(2)8-5-3-4-6-9(8)15-11(14)10(12)13/h3-7,10H,1-2H3. The lowest BCUT2D eigenvalue weighted by molar-refractivity contribution is -0.146. The molecule has 0 atom stereocenters. The van der Waals surface area contributed by atoms with Crippen molar-refractivity contribution in [3.63, 3.8) is 0 Å². The van der Waals surface area contributed by atoms with Gasteiger partial charge in [0.1, 0.15) is 5.75 Å². The molecule has 0 bridgehead atoms. The number of rotatable bonds is 3. The summed E-state index contributed by atoms with van der Waals surface area (Å²) in [7, 11) is 0. The molecule has 0 radical (unpaired) electrons. The highest BCUT2D eigenvalue weighted by Gasteiger charge is 2.19. The molecule has 0 fully saturated rings. The van der Waals surface area contributed by atoms with Crippen molar-refractivity contribution < 1.29 is 18.3 Å².